The van der Waals surface area contributed by atoms with E-state index in [1.54, 1.807) is 0 Å². The largest absolute Gasteiger partial charge is 0.315 e. The Labute approximate surface area is 120 Å². The van der Waals surface area contributed by atoms with Crippen LogP contribution in [0.1, 0.15) is 28.2 Å². The van der Waals surface area contributed by atoms with E-state index in [0.29, 0.717) is 0 Å². The van der Waals surface area contributed by atoms with E-state index in [1.807, 2.05) is 18.4 Å². The summed E-state index contributed by atoms with van der Waals surface area (Å²) >= 11 is 1.94. The van der Waals surface area contributed by atoms with Crippen LogP contribution < -0.4 is 5.32 Å². The molecule has 1 aliphatic heterocycles. The first-order valence-corrected chi connectivity index (χ1v) is 8.27. The Morgan fingerprint density at radius 3 is 2.63 bits per heavy atom. The number of rotatable bonds is 5. The van der Waals surface area contributed by atoms with Gasteiger partial charge in [0.15, 0.2) is 0 Å². The number of hydrogen-bond acceptors (Lipinski definition) is 4. The molecule has 1 saturated carbocycles. The molecule has 0 spiro atoms. The molecule has 0 atom stereocenters. The number of nitrogens with zero attached hydrogens (tertiary/aromatic N) is 2. The number of thiophene rings is 1. The Bertz CT molecular complexity index is 417. The molecule has 4 heteroatoms. The molecule has 3 nitrogen and oxygen atoms in total. The molecule has 3 rings (SSSR count). The Morgan fingerprint density at radius 2 is 2.00 bits per heavy atom. The normalized spacial score (nSPS) is 22.0. The highest BCUT2D eigenvalue weighted by Crippen LogP contribution is 2.28. The third-order valence-corrected chi connectivity index (χ3v) is 5.38. The second kappa shape index (κ2) is 5.92. The van der Waals surface area contributed by atoms with E-state index < -0.39 is 0 Å². The predicted molar refractivity (Wildman–Crippen MR) is 81.7 cm³/mol. The van der Waals surface area contributed by atoms with E-state index in [1.165, 1.54) is 54.3 Å². The standard InChI is InChI=1S/C15H25N3S/c1-12-13(9-15(19-12)10-16-2)11-17-5-7-18(8-6-17)14-3-4-14/h9,14,16H,3-8,10-11H2,1-2H3. The molecule has 2 heterocycles. The van der Waals surface area contributed by atoms with Crippen molar-refractivity contribution in [1.82, 2.24) is 15.1 Å². The van der Waals surface area contributed by atoms with Crippen molar-refractivity contribution in [3.8, 4) is 0 Å². The van der Waals surface area contributed by atoms with E-state index in [-0.39, 0.29) is 0 Å². The van der Waals surface area contributed by atoms with Crippen LogP contribution in [0.4, 0.5) is 0 Å². The van der Waals surface area contributed by atoms with Gasteiger partial charge in [-0.15, -0.1) is 11.3 Å². The number of hydrogen-bond donors (Lipinski definition) is 1. The van der Waals surface area contributed by atoms with Crippen molar-refractivity contribution in [3.05, 3.63) is 21.4 Å². The van der Waals surface area contributed by atoms with Gasteiger partial charge in [-0.2, -0.15) is 0 Å². The molecule has 2 aliphatic rings. The van der Waals surface area contributed by atoms with Crippen LogP contribution in [0.25, 0.3) is 0 Å². The molecule has 0 unspecified atom stereocenters. The zero-order valence-electron chi connectivity index (χ0n) is 12.1. The smallest absolute Gasteiger partial charge is 0.0296 e. The van der Waals surface area contributed by atoms with Gasteiger partial charge in [0.2, 0.25) is 0 Å². The highest BCUT2D eigenvalue weighted by atomic mass is 32.1. The first-order valence-electron chi connectivity index (χ1n) is 7.45. The van der Waals surface area contributed by atoms with E-state index >= 15 is 0 Å². The van der Waals surface area contributed by atoms with Crippen LogP contribution in [-0.4, -0.2) is 49.1 Å². The Balaban J connectivity index is 1.53. The molecule has 1 aromatic heterocycles. The van der Waals surface area contributed by atoms with E-state index in [2.05, 4.69) is 28.1 Å². The fraction of sp³-hybridized carbons (Fsp3) is 0.733. The van der Waals surface area contributed by atoms with Gasteiger partial charge in [0.1, 0.15) is 0 Å². The quantitative estimate of drug-likeness (QED) is 0.890. The highest BCUT2D eigenvalue weighted by molar-refractivity contribution is 7.12. The summed E-state index contributed by atoms with van der Waals surface area (Å²) < 4.78 is 0. The lowest BCUT2D eigenvalue weighted by atomic mass is 10.2. The van der Waals surface area contributed by atoms with Crippen LogP contribution in [0.5, 0.6) is 0 Å². The van der Waals surface area contributed by atoms with Gasteiger partial charge in [-0.25, -0.2) is 0 Å². The molecular formula is C15H25N3S. The molecule has 0 bridgehead atoms. The molecule has 1 N–H and O–H groups in total. The third kappa shape index (κ3) is 3.37. The van der Waals surface area contributed by atoms with Crippen LogP contribution in [0.2, 0.25) is 0 Å². The summed E-state index contributed by atoms with van der Waals surface area (Å²) in [7, 11) is 2.02. The van der Waals surface area contributed by atoms with E-state index in [9.17, 15) is 0 Å². The summed E-state index contributed by atoms with van der Waals surface area (Å²) in [5, 5.41) is 3.24. The summed E-state index contributed by atoms with van der Waals surface area (Å²) in [6.45, 7) is 9.44. The van der Waals surface area contributed by atoms with Crippen LogP contribution >= 0.6 is 11.3 Å². The molecule has 0 amide bonds. The summed E-state index contributed by atoms with van der Waals surface area (Å²) in [6, 6.07) is 3.33. The average molecular weight is 279 g/mol. The van der Waals surface area contributed by atoms with Gasteiger partial charge >= 0.3 is 0 Å². The maximum atomic E-state index is 3.24. The Morgan fingerprint density at radius 1 is 1.26 bits per heavy atom. The predicted octanol–water partition coefficient (Wildman–Crippen LogP) is 2.06. The van der Waals surface area contributed by atoms with Crippen molar-refractivity contribution in [1.29, 1.82) is 0 Å². The van der Waals surface area contributed by atoms with Crippen molar-refractivity contribution in [2.24, 2.45) is 0 Å². The van der Waals surface area contributed by atoms with Crippen molar-refractivity contribution < 1.29 is 0 Å². The lowest BCUT2D eigenvalue weighted by molar-refractivity contribution is 0.121. The molecule has 0 aromatic carbocycles. The van der Waals surface area contributed by atoms with Crippen molar-refractivity contribution in [2.45, 2.75) is 38.9 Å². The first kappa shape index (κ1) is 13.6. The van der Waals surface area contributed by atoms with Gasteiger partial charge in [-0.1, -0.05) is 0 Å². The summed E-state index contributed by atoms with van der Waals surface area (Å²) in [5.74, 6) is 0. The highest BCUT2D eigenvalue weighted by Gasteiger charge is 2.31. The van der Waals surface area contributed by atoms with Crippen molar-refractivity contribution in [2.75, 3.05) is 33.2 Å². The van der Waals surface area contributed by atoms with Gasteiger partial charge in [-0.05, 0) is 38.4 Å². The SMILES string of the molecule is CNCc1cc(CN2CCN(C3CC3)CC2)c(C)s1. The summed E-state index contributed by atoms with van der Waals surface area (Å²) in [4.78, 5) is 8.27. The maximum Gasteiger partial charge on any atom is 0.0296 e. The average Bonchev–Trinajstić information content (AvgIpc) is 3.18. The Hall–Kier alpha value is -0.420. The molecule has 1 saturated heterocycles. The van der Waals surface area contributed by atoms with Crippen LogP contribution in [-0.2, 0) is 13.1 Å². The zero-order chi connectivity index (χ0) is 13.2. The fourth-order valence-corrected chi connectivity index (χ4v) is 4.04. The molecule has 106 valence electrons. The molecule has 1 aliphatic carbocycles. The minimum atomic E-state index is 0.937. The van der Waals surface area contributed by atoms with Gasteiger partial charge in [0.25, 0.3) is 0 Å². The van der Waals surface area contributed by atoms with E-state index in [4.69, 9.17) is 0 Å². The second-order valence-corrected chi connectivity index (χ2v) is 7.21. The fourth-order valence-electron chi connectivity index (χ4n) is 2.97. The van der Waals surface area contributed by atoms with Crippen molar-refractivity contribution >= 4 is 11.3 Å². The summed E-state index contributed by atoms with van der Waals surface area (Å²) in [5.41, 5.74) is 1.54. The van der Waals surface area contributed by atoms with Crippen molar-refractivity contribution in [3.63, 3.8) is 0 Å². The topological polar surface area (TPSA) is 18.5 Å². The van der Waals surface area contributed by atoms with Crippen LogP contribution in [0, 0.1) is 6.92 Å². The lowest BCUT2D eigenvalue weighted by Gasteiger charge is -2.34. The minimum Gasteiger partial charge on any atom is -0.315 e. The van der Waals surface area contributed by atoms with Crippen LogP contribution in [0.3, 0.4) is 0 Å². The van der Waals surface area contributed by atoms with E-state index in [0.717, 1.165) is 19.1 Å². The number of piperazine rings is 1. The molecule has 0 radical (unpaired) electrons. The Kier molecular flexibility index (Phi) is 4.22. The van der Waals surface area contributed by atoms with Gasteiger partial charge in [-0.3, -0.25) is 9.80 Å². The van der Waals surface area contributed by atoms with Crippen LogP contribution in [0.15, 0.2) is 6.07 Å². The van der Waals surface area contributed by atoms with Gasteiger partial charge < -0.3 is 5.32 Å². The summed E-state index contributed by atoms with van der Waals surface area (Å²) in [6.07, 6.45) is 2.88. The molecule has 2 fully saturated rings. The monoisotopic (exact) mass is 279 g/mol. The minimum absolute atomic E-state index is 0.937. The molecular weight excluding hydrogens is 254 g/mol. The lowest BCUT2D eigenvalue weighted by Crippen LogP contribution is -2.46. The number of aryl methyl sites for hydroxylation is 1. The zero-order valence-corrected chi connectivity index (χ0v) is 12.9. The maximum absolute atomic E-state index is 3.24. The molecule has 1 aromatic rings. The van der Waals surface area contributed by atoms with Gasteiger partial charge in [0, 0.05) is 55.1 Å². The third-order valence-electron chi connectivity index (χ3n) is 4.29. The second-order valence-electron chi connectivity index (χ2n) is 5.87. The van der Waals surface area contributed by atoms with Gasteiger partial charge in [0.05, 0.1) is 0 Å². The molecule has 19 heavy (non-hydrogen) atoms. The first-order chi connectivity index (χ1) is 9.26. The number of nitrogens with one attached hydrogen (secondary N) is 1.